The van der Waals surface area contributed by atoms with E-state index in [9.17, 15) is 13.0 Å². The number of hydrogen-bond donors (Lipinski definition) is 0. The first-order chi connectivity index (χ1) is 9.29. The molecular formula is C13H20N3NaO4S. The van der Waals surface area contributed by atoms with Gasteiger partial charge in [0.15, 0.2) is 0 Å². The molecule has 0 spiro atoms. The standard InChI is InChI=1S/C13H19N3O3S.Na.H2O/c1-11-13(14(2)10-20(17,18)19)9-16(15(11)3)12-7-5-4-6-8-12;;/h4-8H,9-10H2,1-3H3,(H,17,18,19);;1H2/q;+1;/p-1. The fraction of sp³-hybridized carbons (Fsp3) is 0.385. The van der Waals surface area contributed by atoms with Gasteiger partial charge in [-0.3, -0.25) is 10.0 Å². The van der Waals surface area contributed by atoms with Crippen LogP contribution in [-0.4, -0.2) is 54.9 Å². The molecule has 1 aromatic carbocycles. The van der Waals surface area contributed by atoms with E-state index in [1.54, 1.807) is 7.05 Å². The van der Waals surface area contributed by atoms with Crippen LogP contribution in [0.25, 0.3) is 0 Å². The number of likely N-dealkylation sites (N-methyl/N-ethyl adjacent to an activating group) is 1. The summed E-state index contributed by atoms with van der Waals surface area (Å²) >= 11 is 0. The van der Waals surface area contributed by atoms with Crippen molar-refractivity contribution in [2.75, 3.05) is 31.5 Å². The van der Waals surface area contributed by atoms with Crippen LogP contribution in [0.4, 0.5) is 5.69 Å². The van der Waals surface area contributed by atoms with Gasteiger partial charge in [0.25, 0.3) is 0 Å². The zero-order valence-electron chi connectivity index (χ0n) is 13.3. The van der Waals surface area contributed by atoms with Crippen molar-refractivity contribution >= 4 is 15.8 Å². The van der Waals surface area contributed by atoms with Crippen molar-refractivity contribution in [2.45, 2.75) is 6.92 Å². The Labute approximate surface area is 153 Å². The molecule has 0 atom stereocenters. The average Bonchev–Trinajstić information content (AvgIpc) is 2.66. The molecule has 0 fully saturated rings. The molecule has 2 rings (SSSR count). The maximum absolute atomic E-state index is 10.9. The van der Waals surface area contributed by atoms with Crippen molar-refractivity contribution in [3.63, 3.8) is 0 Å². The third kappa shape index (κ3) is 4.87. The van der Waals surface area contributed by atoms with Gasteiger partial charge in [-0.05, 0) is 19.1 Å². The predicted octanol–water partition coefficient (Wildman–Crippen LogP) is -2.80. The van der Waals surface area contributed by atoms with Gasteiger partial charge < -0.3 is 14.9 Å². The molecule has 2 N–H and O–H groups in total. The molecule has 0 saturated carbocycles. The van der Waals surface area contributed by atoms with Crippen LogP contribution >= 0.6 is 0 Å². The zero-order chi connectivity index (χ0) is 14.9. The van der Waals surface area contributed by atoms with Gasteiger partial charge in [0, 0.05) is 14.1 Å². The molecule has 9 heteroatoms. The molecule has 0 bridgehead atoms. The van der Waals surface area contributed by atoms with Crippen molar-refractivity contribution in [3.05, 3.63) is 41.7 Å². The minimum Gasteiger partial charge on any atom is -0.747 e. The van der Waals surface area contributed by atoms with Gasteiger partial charge in [-0.25, -0.2) is 8.42 Å². The van der Waals surface area contributed by atoms with E-state index < -0.39 is 16.0 Å². The third-order valence-electron chi connectivity index (χ3n) is 3.43. The summed E-state index contributed by atoms with van der Waals surface area (Å²) in [5.41, 5.74) is 2.78. The van der Waals surface area contributed by atoms with E-state index in [-0.39, 0.29) is 35.0 Å². The Morgan fingerprint density at radius 1 is 1.27 bits per heavy atom. The fourth-order valence-corrected chi connectivity index (χ4v) is 2.94. The fourth-order valence-electron chi connectivity index (χ4n) is 2.31. The molecular weight excluding hydrogens is 317 g/mol. The number of benzene rings is 1. The maximum Gasteiger partial charge on any atom is 1.00 e. The zero-order valence-corrected chi connectivity index (χ0v) is 16.1. The SMILES string of the molecule is CC1=C(N(C)CS(=O)(=O)[O-])CN(c2ccccc2)N1C.O.[Na+]. The molecule has 0 aliphatic carbocycles. The summed E-state index contributed by atoms with van der Waals surface area (Å²) in [6.45, 7) is 2.45. The molecule has 0 saturated heterocycles. The Balaban J connectivity index is 0.00000220. The summed E-state index contributed by atoms with van der Waals surface area (Å²) in [4.78, 5) is 1.50. The second-order valence-corrected chi connectivity index (χ2v) is 6.21. The van der Waals surface area contributed by atoms with Crippen molar-refractivity contribution in [2.24, 2.45) is 0 Å². The van der Waals surface area contributed by atoms with Gasteiger partial charge in [-0.2, -0.15) is 0 Å². The summed E-state index contributed by atoms with van der Waals surface area (Å²) < 4.78 is 32.7. The topological polar surface area (TPSA) is 98.4 Å². The van der Waals surface area contributed by atoms with E-state index >= 15 is 0 Å². The number of anilines is 1. The Morgan fingerprint density at radius 2 is 1.82 bits per heavy atom. The molecule has 118 valence electrons. The Morgan fingerprint density at radius 3 is 2.32 bits per heavy atom. The molecule has 0 unspecified atom stereocenters. The van der Waals surface area contributed by atoms with Crippen LogP contribution in [0.2, 0.25) is 0 Å². The monoisotopic (exact) mass is 337 g/mol. The first kappa shape index (κ1) is 21.2. The van der Waals surface area contributed by atoms with Gasteiger partial charge in [0.05, 0.1) is 23.6 Å². The van der Waals surface area contributed by atoms with Crippen LogP contribution < -0.4 is 34.6 Å². The Bertz CT molecular complexity index is 621. The van der Waals surface area contributed by atoms with E-state index in [1.807, 2.05) is 54.3 Å². The second kappa shape index (κ2) is 8.19. The molecule has 22 heavy (non-hydrogen) atoms. The smallest absolute Gasteiger partial charge is 0.747 e. The molecule has 0 amide bonds. The summed E-state index contributed by atoms with van der Waals surface area (Å²) in [6, 6.07) is 9.80. The van der Waals surface area contributed by atoms with Crippen molar-refractivity contribution in [1.29, 1.82) is 0 Å². The molecule has 1 aliphatic rings. The number of rotatable bonds is 4. The summed E-state index contributed by atoms with van der Waals surface area (Å²) in [5, 5.41) is 3.98. The average molecular weight is 337 g/mol. The van der Waals surface area contributed by atoms with E-state index in [4.69, 9.17) is 0 Å². The Kier molecular flexibility index (Phi) is 7.90. The van der Waals surface area contributed by atoms with E-state index in [0.29, 0.717) is 6.54 Å². The first-order valence-electron chi connectivity index (χ1n) is 6.20. The number of allylic oxidation sites excluding steroid dienone is 1. The normalized spacial score (nSPS) is 14.5. The molecule has 7 nitrogen and oxygen atoms in total. The number of nitrogens with zero attached hydrogens (tertiary/aromatic N) is 3. The van der Waals surface area contributed by atoms with Gasteiger partial charge in [-0.15, -0.1) is 0 Å². The van der Waals surface area contributed by atoms with Crippen molar-refractivity contribution < 1.29 is 48.0 Å². The molecule has 0 radical (unpaired) electrons. The van der Waals surface area contributed by atoms with Crippen LogP contribution in [-0.2, 0) is 10.1 Å². The van der Waals surface area contributed by atoms with Crippen LogP contribution in [0.5, 0.6) is 0 Å². The molecule has 0 aromatic heterocycles. The van der Waals surface area contributed by atoms with E-state index in [2.05, 4.69) is 0 Å². The van der Waals surface area contributed by atoms with Gasteiger partial charge in [-0.1, -0.05) is 18.2 Å². The van der Waals surface area contributed by atoms with Crippen LogP contribution in [0.1, 0.15) is 6.92 Å². The van der Waals surface area contributed by atoms with Gasteiger partial charge >= 0.3 is 29.6 Å². The summed E-state index contributed by atoms with van der Waals surface area (Å²) in [7, 11) is -0.746. The van der Waals surface area contributed by atoms with Crippen LogP contribution in [0, 0.1) is 0 Å². The van der Waals surface area contributed by atoms with Crippen molar-refractivity contribution in [1.82, 2.24) is 9.91 Å². The largest absolute Gasteiger partial charge is 1.00 e. The minimum atomic E-state index is -4.28. The van der Waals surface area contributed by atoms with Crippen LogP contribution in [0.3, 0.4) is 0 Å². The Hall–Kier alpha value is -0.770. The molecule has 1 aliphatic heterocycles. The summed E-state index contributed by atoms with van der Waals surface area (Å²) in [5.74, 6) is -0.518. The summed E-state index contributed by atoms with van der Waals surface area (Å²) in [6.07, 6.45) is 0. The quantitative estimate of drug-likeness (QED) is 0.435. The van der Waals surface area contributed by atoms with E-state index in [1.165, 1.54) is 4.90 Å². The van der Waals surface area contributed by atoms with Crippen LogP contribution in [0.15, 0.2) is 41.7 Å². The van der Waals surface area contributed by atoms with Gasteiger partial charge in [0.1, 0.15) is 16.0 Å². The third-order valence-corrected chi connectivity index (χ3v) is 4.14. The number of hydrazine groups is 1. The maximum atomic E-state index is 10.9. The predicted molar refractivity (Wildman–Crippen MR) is 80.2 cm³/mol. The van der Waals surface area contributed by atoms with Crippen molar-refractivity contribution in [3.8, 4) is 0 Å². The minimum absolute atomic E-state index is 0. The first-order valence-corrected chi connectivity index (χ1v) is 7.78. The van der Waals surface area contributed by atoms with E-state index in [0.717, 1.165) is 17.1 Å². The molecule has 1 aromatic rings. The second-order valence-electron chi connectivity index (χ2n) is 4.83. The number of hydrogen-bond acceptors (Lipinski definition) is 6. The number of para-hydroxylation sites is 1. The molecule has 1 heterocycles. The van der Waals surface area contributed by atoms with Gasteiger partial charge in [0.2, 0.25) is 0 Å².